The average Bonchev–Trinajstić information content (AvgIpc) is 2.86. The number of oxime groups is 1. The fourth-order valence-electron chi connectivity index (χ4n) is 3.57. The first-order chi connectivity index (χ1) is 18.1. The molecule has 228 valence electrons. The maximum Gasteiger partial charge on any atom is 0.340 e. The van der Waals surface area contributed by atoms with Crippen LogP contribution in [0.2, 0.25) is 0 Å². The summed E-state index contributed by atoms with van der Waals surface area (Å²) in [6, 6.07) is 9.90. The van der Waals surface area contributed by atoms with Crippen LogP contribution >= 0.6 is 24.8 Å². The first kappa shape index (κ1) is 35.5. The lowest BCUT2D eigenvalue weighted by atomic mass is 10.2. The van der Waals surface area contributed by atoms with Gasteiger partial charge in [0, 0.05) is 40.1 Å². The van der Waals surface area contributed by atoms with Crippen LogP contribution < -0.4 is 25.1 Å². The van der Waals surface area contributed by atoms with Crippen molar-refractivity contribution in [1.82, 2.24) is 9.62 Å². The van der Waals surface area contributed by atoms with Gasteiger partial charge in [-0.05, 0) is 41.9 Å². The number of hydrogen-bond acceptors (Lipinski definition) is 10. The number of rotatable bonds is 14. The van der Waals surface area contributed by atoms with Crippen molar-refractivity contribution in [2.24, 2.45) is 16.6 Å². The fourth-order valence-corrected chi connectivity index (χ4v) is 6.31. The maximum atomic E-state index is 13.2. The molecule has 3 rings (SSSR count). The van der Waals surface area contributed by atoms with Gasteiger partial charge in [0.25, 0.3) is 0 Å². The Labute approximate surface area is 248 Å². The molecule has 17 heteroatoms. The Kier molecular flexibility index (Phi) is 14.8. The van der Waals surface area contributed by atoms with Gasteiger partial charge in [-0.2, -0.15) is 8.42 Å². The molecule has 1 saturated heterocycles. The number of nitrogens with zero attached hydrogens (tertiary/aromatic N) is 2. The normalized spacial score (nSPS) is 13.8. The number of halogens is 2. The van der Waals surface area contributed by atoms with E-state index in [0.29, 0.717) is 50.6 Å². The highest BCUT2D eigenvalue weighted by Crippen LogP contribution is 2.28. The molecule has 40 heavy (non-hydrogen) atoms. The van der Waals surface area contributed by atoms with E-state index in [1.165, 1.54) is 36.4 Å². The van der Waals surface area contributed by atoms with Gasteiger partial charge in [0.2, 0.25) is 16.0 Å². The van der Waals surface area contributed by atoms with Gasteiger partial charge >= 0.3 is 10.1 Å². The molecule has 2 aromatic rings. The molecule has 0 saturated carbocycles. The lowest BCUT2D eigenvalue weighted by Gasteiger charge is -2.26. The average molecular weight is 647 g/mol. The van der Waals surface area contributed by atoms with E-state index < -0.39 is 29.9 Å². The molecule has 1 aliphatic heterocycles. The predicted octanol–water partition coefficient (Wildman–Crippen LogP) is 1.44. The second-order valence-corrected chi connectivity index (χ2v) is 11.6. The number of benzene rings is 2. The zero-order chi connectivity index (χ0) is 27.6. The number of sulfonamides is 1. The van der Waals surface area contributed by atoms with E-state index in [0.717, 1.165) is 0 Å². The van der Waals surface area contributed by atoms with Crippen LogP contribution in [0.25, 0.3) is 0 Å². The van der Waals surface area contributed by atoms with E-state index in [1.54, 1.807) is 13.0 Å². The molecule has 5 N–H and O–H groups in total. The molecule has 0 unspecified atom stereocenters. The summed E-state index contributed by atoms with van der Waals surface area (Å²) in [6.45, 7) is 5.37. The molecule has 1 heterocycles. The Morgan fingerprint density at radius 1 is 1.02 bits per heavy atom. The van der Waals surface area contributed by atoms with Crippen molar-refractivity contribution >= 4 is 50.9 Å². The minimum Gasteiger partial charge on any atom is -0.493 e. The highest BCUT2D eigenvalue weighted by atomic mass is 35.5. The summed E-state index contributed by atoms with van der Waals surface area (Å²) < 4.78 is 71.1. The zero-order valence-electron chi connectivity index (χ0n) is 21.9. The monoisotopic (exact) mass is 645 g/mol. The second-order valence-electron chi connectivity index (χ2n) is 8.37. The summed E-state index contributed by atoms with van der Waals surface area (Å²) in [4.78, 5) is 6.07. The van der Waals surface area contributed by atoms with Crippen molar-refractivity contribution in [2.75, 3.05) is 52.6 Å². The van der Waals surface area contributed by atoms with Gasteiger partial charge in [0.15, 0.2) is 0 Å². The van der Waals surface area contributed by atoms with E-state index >= 15 is 0 Å². The van der Waals surface area contributed by atoms with E-state index in [9.17, 15) is 16.8 Å². The Morgan fingerprint density at radius 2 is 1.68 bits per heavy atom. The van der Waals surface area contributed by atoms with Crippen LogP contribution in [0.3, 0.4) is 0 Å². The predicted molar refractivity (Wildman–Crippen MR) is 156 cm³/mol. The summed E-state index contributed by atoms with van der Waals surface area (Å²) >= 11 is 0. The third-order valence-electron chi connectivity index (χ3n) is 5.28. The first-order valence-corrected chi connectivity index (χ1v) is 14.7. The van der Waals surface area contributed by atoms with Gasteiger partial charge in [0.1, 0.15) is 27.9 Å². The summed E-state index contributed by atoms with van der Waals surface area (Å²) in [5, 5.41) is 3.40. The largest absolute Gasteiger partial charge is 0.493 e. The SMILES string of the molecule is Cc1cc(OCCCON=C(N)N)cc(OS(=O)(=O)c2ccccc2S(=O)(=O)NCCN2CCOCC2)c1.Cl.Cl.[HH]. The van der Waals surface area contributed by atoms with E-state index in [-0.39, 0.29) is 57.7 Å². The molecule has 13 nitrogen and oxygen atoms in total. The van der Waals surface area contributed by atoms with Gasteiger partial charge in [-0.25, -0.2) is 13.1 Å². The van der Waals surface area contributed by atoms with E-state index in [1.807, 2.05) is 0 Å². The summed E-state index contributed by atoms with van der Waals surface area (Å²) in [5.41, 5.74) is 11.0. The number of aryl methyl sites for hydroxylation is 1. The second kappa shape index (κ2) is 16.7. The quantitative estimate of drug-likeness (QED) is 0.0887. The molecular formula is C23H37Cl2N5O8S2. The number of ether oxygens (including phenoxy) is 2. The number of guanidine groups is 1. The van der Waals surface area contributed by atoms with Gasteiger partial charge in [-0.1, -0.05) is 12.1 Å². The lowest BCUT2D eigenvalue weighted by molar-refractivity contribution is 0.0390. The zero-order valence-corrected chi connectivity index (χ0v) is 25.1. The third-order valence-corrected chi connectivity index (χ3v) is 8.24. The van der Waals surface area contributed by atoms with Crippen molar-refractivity contribution in [3.05, 3.63) is 48.0 Å². The van der Waals surface area contributed by atoms with Crippen LogP contribution in [-0.4, -0.2) is 80.3 Å². The minimum absolute atomic E-state index is 0. The maximum absolute atomic E-state index is 13.2. The Balaban J connectivity index is 0.00000533. The van der Waals surface area contributed by atoms with Crippen LogP contribution in [0.15, 0.2) is 57.4 Å². The molecule has 2 aromatic carbocycles. The molecule has 1 aliphatic rings. The number of nitrogens with one attached hydrogen (secondary N) is 1. The molecule has 0 radical (unpaired) electrons. The Morgan fingerprint density at radius 3 is 2.35 bits per heavy atom. The third kappa shape index (κ3) is 11.2. The molecule has 0 bridgehead atoms. The highest BCUT2D eigenvalue weighted by molar-refractivity contribution is 7.91. The topological polar surface area (TPSA) is 185 Å². The molecule has 1 fully saturated rings. The van der Waals surface area contributed by atoms with Crippen molar-refractivity contribution < 1.29 is 36.8 Å². The summed E-state index contributed by atoms with van der Waals surface area (Å²) in [7, 11) is -8.64. The van der Waals surface area contributed by atoms with E-state index in [2.05, 4.69) is 14.8 Å². The molecule has 0 amide bonds. The molecular weight excluding hydrogens is 609 g/mol. The van der Waals surface area contributed by atoms with Crippen molar-refractivity contribution in [2.45, 2.75) is 23.1 Å². The van der Waals surface area contributed by atoms with Crippen molar-refractivity contribution in [1.29, 1.82) is 0 Å². The lowest BCUT2D eigenvalue weighted by Crippen LogP contribution is -2.41. The van der Waals surface area contributed by atoms with E-state index in [4.69, 9.17) is 30.0 Å². The van der Waals surface area contributed by atoms with Gasteiger partial charge in [-0.3, -0.25) is 4.90 Å². The summed E-state index contributed by atoms with van der Waals surface area (Å²) in [6.07, 6.45) is 0.461. The van der Waals surface area contributed by atoms with Gasteiger partial charge in [-0.15, -0.1) is 24.8 Å². The molecule has 0 spiro atoms. The fraction of sp³-hybridized carbons (Fsp3) is 0.435. The Hall–Kier alpha value is -2.53. The highest BCUT2D eigenvalue weighted by Gasteiger charge is 2.28. The molecule has 0 aliphatic carbocycles. The van der Waals surface area contributed by atoms with Gasteiger partial charge < -0.3 is 30.0 Å². The molecule has 0 aromatic heterocycles. The number of morpholine rings is 1. The first-order valence-electron chi connectivity index (χ1n) is 11.9. The number of hydrogen-bond donors (Lipinski definition) is 3. The van der Waals surface area contributed by atoms with Crippen LogP contribution in [-0.2, 0) is 29.7 Å². The van der Waals surface area contributed by atoms with Crippen LogP contribution in [0.5, 0.6) is 11.5 Å². The van der Waals surface area contributed by atoms with Crippen LogP contribution in [0.1, 0.15) is 13.4 Å². The molecule has 0 atom stereocenters. The minimum atomic E-state index is -4.51. The Bertz CT molecular complexity index is 1330. The van der Waals surface area contributed by atoms with Crippen molar-refractivity contribution in [3.8, 4) is 11.5 Å². The van der Waals surface area contributed by atoms with Crippen LogP contribution in [0.4, 0.5) is 0 Å². The smallest absolute Gasteiger partial charge is 0.340 e. The van der Waals surface area contributed by atoms with Crippen molar-refractivity contribution in [3.63, 3.8) is 0 Å². The number of nitrogens with two attached hydrogens (primary N) is 2. The van der Waals surface area contributed by atoms with Gasteiger partial charge in [0.05, 0.1) is 19.8 Å². The summed E-state index contributed by atoms with van der Waals surface area (Å²) in [5.74, 6) is 0.151. The standard InChI is InChI=1S/C23H33N5O8S2.2ClH.H2/c1-18-15-19(34-11-4-12-35-27-23(24)25)17-20(16-18)36-38(31,32)22-6-3-2-5-21(22)37(29,30)26-7-8-28-9-13-33-14-10-28;;;/h2-3,5-6,15-17,26H,4,7-14H2,1H3,(H4,24,25,27);3*1H. The van der Waals surface area contributed by atoms with Crippen LogP contribution in [0, 0.1) is 6.92 Å².